The Morgan fingerprint density at radius 3 is 1.83 bits per heavy atom. The summed E-state index contributed by atoms with van der Waals surface area (Å²) >= 11 is 0. The zero-order valence-electron chi connectivity index (χ0n) is 13.3. The molecule has 0 rings (SSSR count). The van der Waals surface area contributed by atoms with Gasteiger partial charge in [0.15, 0.2) is 0 Å². The van der Waals surface area contributed by atoms with Crippen LogP contribution in [0.1, 0.15) is 104 Å². The first-order valence-electron chi connectivity index (χ1n) is 8.53. The van der Waals surface area contributed by atoms with Crippen LogP contribution in [-0.4, -0.2) is 0 Å². The number of hydrogen-bond donors (Lipinski definition) is 0. The van der Waals surface area contributed by atoms with Gasteiger partial charge in [0.05, 0.1) is 0 Å². The molecule has 0 nitrogen and oxygen atoms in total. The first kappa shape index (κ1) is 17.7. The average Bonchev–Trinajstić information content (AvgIpc) is 2.38. The van der Waals surface area contributed by atoms with E-state index < -0.39 is 0 Å². The van der Waals surface area contributed by atoms with Gasteiger partial charge in [-0.1, -0.05) is 83.8 Å². The van der Waals surface area contributed by atoms with Gasteiger partial charge in [0.25, 0.3) is 0 Å². The van der Waals surface area contributed by atoms with Crippen LogP contribution in [0.5, 0.6) is 0 Å². The van der Waals surface area contributed by atoms with Crippen molar-refractivity contribution in [2.75, 3.05) is 0 Å². The molecule has 0 aliphatic heterocycles. The lowest BCUT2D eigenvalue weighted by atomic mass is 10.0. The highest BCUT2D eigenvalue weighted by atomic mass is 14.0. The van der Waals surface area contributed by atoms with E-state index in [1.54, 1.807) is 5.57 Å². The van der Waals surface area contributed by atoms with Crippen LogP contribution >= 0.6 is 0 Å². The summed E-state index contributed by atoms with van der Waals surface area (Å²) in [5, 5.41) is 0. The minimum absolute atomic E-state index is 1.31. The summed E-state index contributed by atoms with van der Waals surface area (Å²) in [6.45, 7) is 6.88. The molecule has 0 heterocycles. The molecule has 0 radical (unpaired) electrons. The van der Waals surface area contributed by atoms with Crippen LogP contribution in [0.3, 0.4) is 0 Å². The molecule has 0 unspecified atom stereocenters. The molecule has 0 spiro atoms. The molecule has 0 saturated carbocycles. The van der Waals surface area contributed by atoms with Crippen molar-refractivity contribution in [1.29, 1.82) is 0 Å². The minimum Gasteiger partial charge on any atom is -0.0853 e. The van der Waals surface area contributed by atoms with Crippen molar-refractivity contribution in [3.63, 3.8) is 0 Å². The van der Waals surface area contributed by atoms with E-state index in [4.69, 9.17) is 0 Å². The smallest absolute Gasteiger partial charge is 0.0320 e. The van der Waals surface area contributed by atoms with Gasteiger partial charge in [-0.2, -0.15) is 0 Å². The van der Waals surface area contributed by atoms with Crippen LogP contribution in [0.15, 0.2) is 11.6 Å². The van der Waals surface area contributed by atoms with Crippen molar-refractivity contribution in [2.24, 2.45) is 0 Å². The Balaban J connectivity index is 3.64. The molecule has 0 aromatic carbocycles. The van der Waals surface area contributed by atoms with Crippen LogP contribution in [-0.2, 0) is 0 Å². The maximum Gasteiger partial charge on any atom is -0.0320 e. The van der Waals surface area contributed by atoms with E-state index in [0.717, 1.165) is 0 Å². The number of unbranched alkanes of at least 4 members (excludes halogenated alkanes) is 8. The molecule has 0 bridgehead atoms. The molecule has 0 aliphatic rings. The fraction of sp³-hybridized carbons (Fsp3) is 0.889. The summed E-state index contributed by atoms with van der Waals surface area (Å²) in [7, 11) is 0. The SMILES string of the molecule is CCCCCCC/C=C(/CCC)CCCCCC. The van der Waals surface area contributed by atoms with Gasteiger partial charge in [-0.05, 0) is 32.1 Å². The highest BCUT2D eigenvalue weighted by Gasteiger charge is 1.97. The highest BCUT2D eigenvalue weighted by molar-refractivity contribution is 5.01. The van der Waals surface area contributed by atoms with Gasteiger partial charge in [0.2, 0.25) is 0 Å². The molecule has 0 heteroatoms. The molecule has 0 atom stereocenters. The third-order valence-corrected chi connectivity index (χ3v) is 3.66. The van der Waals surface area contributed by atoms with Crippen LogP contribution in [0.2, 0.25) is 0 Å². The van der Waals surface area contributed by atoms with Crippen LogP contribution in [0.4, 0.5) is 0 Å². The Morgan fingerprint density at radius 2 is 1.22 bits per heavy atom. The van der Waals surface area contributed by atoms with E-state index in [9.17, 15) is 0 Å². The third kappa shape index (κ3) is 12.2. The van der Waals surface area contributed by atoms with E-state index in [-0.39, 0.29) is 0 Å². The molecule has 0 saturated heterocycles. The predicted molar refractivity (Wildman–Crippen MR) is 85.1 cm³/mol. The lowest BCUT2D eigenvalue weighted by Gasteiger charge is -2.06. The zero-order chi connectivity index (χ0) is 13.5. The van der Waals surface area contributed by atoms with Gasteiger partial charge in [0, 0.05) is 0 Å². The lowest BCUT2D eigenvalue weighted by Crippen LogP contribution is -1.86. The Bertz CT molecular complexity index is 178. The first-order chi connectivity index (χ1) is 8.85. The molecule has 0 aliphatic carbocycles. The number of hydrogen-bond acceptors (Lipinski definition) is 0. The van der Waals surface area contributed by atoms with Gasteiger partial charge < -0.3 is 0 Å². The first-order valence-corrected chi connectivity index (χ1v) is 8.53. The number of allylic oxidation sites excluding steroid dienone is 2. The van der Waals surface area contributed by atoms with E-state index >= 15 is 0 Å². The Morgan fingerprint density at radius 1 is 0.611 bits per heavy atom. The number of rotatable bonds is 13. The van der Waals surface area contributed by atoms with Crippen molar-refractivity contribution in [3.05, 3.63) is 11.6 Å². The van der Waals surface area contributed by atoms with Crippen LogP contribution < -0.4 is 0 Å². The molecule has 0 aromatic heterocycles. The predicted octanol–water partition coefficient (Wildman–Crippen LogP) is 7.04. The molecule has 0 fully saturated rings. The largest absolute Gasteiger partial charge is 0.0853 e. The quantitative estimate of drug-likeness (QED) is 0.243. The van der Waals surface area contributed by atoms with Gasteiger partial charge in [-0.15, -0.1) is 0 Å². The second-order valence-corrected chi connectivity index (χ2v) is 5.63. The maximum absolute atomic E-state index is 2.56. The summed E-state index contributed by atoms with van der Waals surface area (Å²) in [5.41, 5.74) is 1.74. The van der Waals surface area contributed by atoms with Gasteiger partial charge in [-0.25, -0.2) is 0 Å². The van der Waals surface area contributed by atoms with Crippen LogP contribution in [0, 0.1) is 0 Å². The average molecular weight is 252 g/mol. The fourth-order valence-electron chi connectivity index (χ4n) is 2.48. The summed E-state index contributed by atoms with van der Waals surface area (Å²) < 4.78 is 0. The van der Waals surface area contributed by atoms with Crippen molar-refractivity contribution in [3.8, 4) is 0 Å². The molecule has 0 aromatic rings. The lowest BCUT2D eigenvalue weighted by molar-refractivity contribution is 0.629. The molecular formula is C18H36. The van der Waals surface area contributed by atoms with Crippen molar-refractivity contribution in [2.45, 2.75) is 104 Å². The molecule has 108 valence electrons. The second kappa shape index (κ2) is 14.8. The Labute approximate surface area is 116 Å². The highest BCUT2D eigenvalue weighted by Crippen LogP contribution is 2.17. The summed E-state index contributed by atoms with van der Waals surface area (Å²) in [6.07, 6.45) is 20.5. The Hall–Kier alpha value is -0.260. The monoisotopic (exact) mass is 252 g/mol. The van der Waals surface area contributed by atoms with Crippen molar-refractivity contribution >= 4 is 0 Å². The topological polar surface area (TPSA) is 0 Å². The van der Waals surface area contributed by atoms with Crippen LogP contribution in [0.25, 0.3) is 0 Å². The summed E-state index contributed by atoms with van der Waals surface area (Å²) in [4.78, 5) is 0. The van der Waals surface area contributed by atoms with E-state index in [1.165, 1.54) is 83.5 Å². The van der Waals surface area contributed by atoms with Crippen molar-refractivity contribution < 1.29 is 0 Å². The second-order valence-electron chi connectivity index (χ2n) is 5.63. The molecule has 0 amide bonds. The minimum atomic E-state index is 1.31. The van der Waals surface area contributed by atoms with Gasteiger partial charge >= 0.3 is 0 Å². The maximum atomic E-state index is 2.56. The van der Waals surface area contributed by atoms with E-state index in [1.807, 2.05) is 0 Å². The molecule has 0 N–H and O–H groups in total. The zero-order valence-corrected chi connectivity index (χ0v) is 13.3. The fourth-order valence-corrected chi connectivity index (χ4v) is 2.48. The Kier molecular flexibility index (Phi) is 14.6. The van der Waals surface area contributed by atoms with E-state index in [0.29, 0.717) is 0 Å². The standard InChI is InChI=1S/C18H36/c1-4-7-9-11-12-14-17-18(15-6-3)16-13-10-8-5-2/h17H,4-16H2,1-3H3/b18-17-. The third-order valence-electron chi connectivity index (χ3n) is 3.66. The molecule has 18 heavy (non-hydrogen) atoms. The van der Waals surface area contributed by atoms with Gasteiger partial charge in [0.1, 0.15) is 0 Å². The summed E-state index contributed by atoms with van der Waals surface area (Å²) in [5.74, 6) is 0. The van der Waals surface area contributed by atoms with Gasteiger partial charge in [-0.3, -0.25) is 0 Å². The summed E-state index contributed by atoms with van der Waals surface area (Å²) in [6, 6.07) is 0. The normalized spacial score (nSPS) is 12.1. The van der Waals surface area contributed by atoms with Crippen molar-refractivity contribution in [1.82, 2.24) is 0 Å². The molecular weight excluding hydrogens is 216 g/mol. The van der Waals surface area contributed by atoms with E-state index in [2.05, 4.69) is 26.8 Å².